The van der Waals surface area contributed by atoms with Gasteiger partial charge in [-0.25, -0.2) is 4.79 Å². The predicted octanol–water partition coefficient (Wildman–Crippen LogP) is 0.0273. The van der Waals surface area contributed by atoms with E-state index < -0.39 is 34.7 Å². The number of carboxylic acid groups (broad SMARTS) is 1. The zero-order valence-electron chi connectivity index (χ0n) is 15.0. The zero-order valence-corrected chi connectivity index (χ0v) is 15.0. The van der Waals surface area contributed by atoms with Crippen molar-refractivity contribution in [1.82, 2.24) is 9.88 Å². The number of nitrogens with two attached hydrogens (primary N) is 1. The van der Waals surface area contributed by atoms with Gasteiger partial charge in [-0.1, -0.05) is 0 Å². The predicted molar refractivity (Wildman–Crippen MR) is 94.9 cm³/mol. The van der Waals surface area contributed by atoms with Gasteiger partial charge in [-0.2, -0.15) is 0 Å². The number of aromatic nitrogens is 1. The summed E-state index contributed by atoms with van der Waals surface area (Å²) in [6.07, 6.45) is 0. The van der Waals surface area contributed by atoms with Crippen molar-refractivity contribution in [3.8, 4) is 22.9 Å². The summed E-state index contributed by atoms with van der Waals surface area (Å²) < 4.78 is 16.4. The molecule has 1 aromatic heterocycles. The summed E-state index contributed by atoms with van der Waals surface area (Å²) in [5.74, 6) is -3.51. The number of methoxy groups -OCH3 is 3. The van der Waals surface area contributed by atoms with E-state index in [0.29, 0.717) is 0 Å². The molecule has 0 spiro atoms. The summed E-state index contributed by atoms with van der Waals surface area (Å²) >= 11 is 0. The first-order valence-electron chi connectivity index (χ1n) is 7.74. The largest absolute Gasteiger partial charge is 0.493 e. The fraction of sp³-hybridized carbons (Fsp3) is 0.176. The number of carboxylic acids is 1. The van der Waals surface area contributed by atoms with Crippen LogP contribution >= 0.6 is 0 Å². The van der Waals surface area contributed by atoms with Crippen LogP contribution in [0.4, 0.5) is 5.82 Å². The molecule has 3 rings (SSSR count). The second-order valence-electron chi connectivity index (χ2n) is 5.62. The molecule has 146 valence electrons. The van der Waals surface area contributed by atoms with Crippen molar-refractivity contribution in [2.45, 2.75) is 0 Å². The number of pyridine rings is 1. The number of aromatic carboxylic acids is 1. The standard InChI is InChI=1S/C17H15N3O8/c1-26-8-4-7(17(24)25)11(13(28-3)12(8)27-2)20-9(21)5-6-10(14(20)18)16(23)19-15(6)22/h4-5H,18H2,1-3H3,(H,24,25)(H,19,22,23). The van der Waals surface area contributed by atoms with E-state index in [-0.39, 0.29) is 34.1 Å². The quantitative estimate of drug-likeness (QED) is 0.599. The summed E-state index contributed by atoms with van der Waals surface area (Å²) in [6.45, 7) is 0. The van der Waals surface area contributed by atoms with Crippen molar-refractivity contribution in [2.75, 3.05) is 27.1 Å². The van der Waals surface area contributed by atoms with E-state index in [2.05, 4.69) is 0 Å². The summed E-state index contributed by atoms with van der Waals surface area (Å²) in [6, 6.07) is 2.02. The van der Waals surface area contributed by atoms with Gasteiger partial charge in [0.15, 0.2) is 11.5 Å². The van der Waals surface area contributed by atoms with Crippen LogP contribution in [0.15, 0.2) is 16.9 Å². The molecule has 11 heteroatoms. The number of ether oxygens (including phenoxy) is 3. The number of benzene rings is 1. The van der Waals surface area contributed by atoms with Crippen molar-refractivity contribution < 1.29 is 33.7 Å². The van der Waals surface area contributed by atoms with Gasteiger partial charge in [0.25, 0.3) is 17.4 Å². The number of hydrogen-bond acceptors (Lipinski definition) is 8. The number of nitrogens with zero attached hydrogens (tertiary/aromatic N) is 1. The lowest BCUT2D eigenvalue weighted by molar-refractivity contribution is 0.0695. The van der Waals surface area contributed by atoms with E-state index in [4.69, 9.17) is 19.9 Å². The Labute approximate surface area is 157 Å². The molecule has 0 radical (unpaired) electrons. The number of amides is 2. The first kappa shape index (κ1) is 18.8. The van der Waals surface area contributed by atoms with Crippen molar-refractivity contribution in [3.63, 3.8) is 0 Å². The Morgan fingerprint density at radius 3 is 2.21 bits per heavy atom. The molecule has 2 heterocycles. The molecule has 0 fully saturated rings. The fourth-order valence-corrected chi connectivity index (χ4v) is 3.04. The maximum atomic E-state index is 12.7. The molecule has 1 aliphatic heterocycles. The van der Waals surface area contributed by atoms with Gasteiger partial charge in [-0.3, -0.25) is 24.3 Å². The van der Waals surface area contributed by atoms with Crippen LogP contribution in [0.2, 0.25) is 0 Å². The minimum atomic E-state index is -1.42. The number of hydrogen-bond donors (Lipinski definition) is 3. The van der Waals surface area contributed by atoms with Gasteiger partial charge in [0.05, 0.1) is 38.0 Å². The lowest BCUT2D eigenvalue weighted by Gasteiger charge is -2.20. The van der Waals surface area contributed by atoms with Gasteiger partial charge in [0, 0.05) is 12.1 Å². The van der Waals surface area contributed by atoms with Gasteiger partial charge >= 0.3 is 5.97 Å². The van der Waals surface area contributed by atoms with Crippen LogP contribution in [0.3, 0.4) is 0 Å². The molecule has 0 saturated carbocycles. The fourth-order valence-electron chi connectivity index (χ4n) is 3.04. The van der Waals surface area contributed by atoms with Gasteiger partial charge in [0.2, 0.25) is 5.75 Å². The molecule has 0 aliphatic carbocycles. The van der Waals surface area contributed by atoms with Crippen LogP contribution in [0.1, 0.15) is 31.1 Å². The van der Waals surface area contributed by atoms with Crippen molar-refractivity contribution >= 4 is 23.6 Å². The number of anilines is 1. The van der Waals surface area contributed by atoms with Crippen molar-refractivity contribution in [1.29, 1.82) is 0 Å². The second kappa shape index (κ2) is 6.61. The van der Waals surface area contributed by atoms with Gasteiger partial charge in [0.1, 0.15) is 11.5 Å². The highest BCUT2D eigenvalue weighted by molar-refractivity contribution is 6.23. The van der Waals surface area contributed by atoms with Crippen LogP contribution in [0.25, 0.3) is 5.69 Å². The number of nitrogens with one attached hydrogen (secondary N) is 1. The molecule has 1 aromatic carbocycles. The van der Waals surface area contributed by atoms with Crippen LogP contribution in [0.5, 0.6) is 17.2 Å². The highest BCUT2D eigenvalue weighted by Gasteiger charge is 2.34. The van der Waals surface area contributed by atoms with E-state index in [1.165, 1.54) is 21.3 Å². The number of rotatable bonds is 5. The SMILES string of the molecule is COc1cc(C(=O)O)c(-n2c(N)c3c(cc2=O)C(=O)NC3=O)c(OC)c1OC. The molecule has 1 aliphatic rings. The second-order valence-corrected chi connectivity index (χ2v) is 5.62. The van der Waals surface area contributed by atoms with E-state index in [1.807, 2.05) is 5.32 Å². The molecule has 0 atom stereocenters. The Morgan fingerprint density at radius 1 is 1.04 bits per heavy atom. The molecule has 4 N–H and O–H groups in total. The maximum absolute atomic E-state index is 12.7. The number of nitrogen functional groups attached to an aromatic ring is 1. The number of carbonyl (C=O) groups is 3. The van der Waals surface area contributed by atoms with Crippen LogP contribution in [-0.4, -0.2) is 48.8 Å². The normalized spacial score (nSPS) is 12.4. The molecule has 0 saturated heterocycles. The van der Waals surface area contributed by atoms with E-state index in [9.17, 15) is 24.3 Å². The van der Waals surface area contributed by atoms with E-state index in [0.717, 1.165) is 16.7 Å². The Balaban J connectivity index is 2.51. The monoisotopic (exact) mass is 389 g/mol. The molecule has 0 unspecified atom stereocenters. The van der Waals surface area contributed by atoms with Crippen molar-refractivity contribution in [3.05, 3.63) is 39.2 Å². The van der Waals surface area contributed by atoms with Gasteiger partial charge in [-0.05, 0) is 0 Å². The Bertz CT molecular complexity index is 1100. The molecule has 2 amide bonds. The van der Waals surface area contributed by atoms with Crippen LogP contribution in [-0.2, 0) is 0 Å². The lowest BCUT2D eigenvalue weighted by Crippen LogP contribution is -2.26. The van der Waals surface area contributed by atoms with Crippen LogP contribution in [0, 0.1) is 0 Å². The number of imide groups is 1. The molecular formula is C17H15N3O8. The first-order chi connectivity index (χ1) is 13.3. The first-order valence-corrected chi connectivity index (χ1v) is 7.74. The van der Waals surface area contributed by atoms with Gasteiger partial charge < -0.3 is 25.1 Å². The zero-order chi connectivity index (χ0) is 20.7. The average Bonchev–Trinajstić information content (AvgIpc) is 2.93. The minimum absolute atomic E-state index is 0.0114. The topological polar surface area (TPSA) is 159 Å². The molecule has 11 nitrogen and oxygen atoms in total. The van der Waals surface area contributed by atoms with E-state index >= 15 is 0 Å². The van der Waals surface area contributed by atoms with Crippen LogP contribution < -0.4 is 30.8 Å². The highest BCUT2D eigenvalue weighted by atomic mass is 16.5. The molecule has 0 bridgehead atoms. The lowest BCUT2D eigenvalue weighted by atomic mass is 10.1. The summed E-state index contributed by atoms with van der Waals surface area (Å²) in [7, 11) is 3.83. The number of carbonyl (C=O) groups excluding carboxylic acids is 2. The number of fused-ring (bicyclic) bond motifs is 1. The molecular weight excluding hydrogens is 374 g/mol. The van der Waals surface area contributed by atoms with E-state index in [1.54, 1.807) is 0 Å². The Kier molecular flexibility index (Phi) is 4.43. The maximum Gasteiger partial charge on any atom is 0.338 e. The third-order valence-electron chi connectivity index (χ3n) is 4.21. The third kappa shape index (κ3) is 2.52. The van der Waals surface area contributed by atoms with Crippen molar-refractivity contribution in [2.24, 2.45) is 0 Å². The smallest absolute Gasteiger partial charge is 0.338 e. The molecule has 2 aromatic rings. The Hall–Kier alpha value is -4.02. The average molecular weight is 389 g/mol. The minimum Gasteiger partial charge on any atom is -0.493 e. The highest BCUT2D eigenvalue weighted by Crippen LogP contribution is 2.44. The molecule has 28 heavy (non-hydrogen) atoms. The summed E-state index contributed by atoms with van der Waals surface area (Å²) in [5, 5.41) is 11.7. The Morgan fingerprint density at radius 2 is 1.68 bits per heavy atom. The summed E-state index contributed by atoms with van der Waals surface area (Å²) in [5.41, 5.74) is 4.06. The summed E-state index contributed by atoms with van der Waals surface area (Å²) in [4.78, 5) is 48.5. The third-order valence-corrected chi connectivity index (χ3v) is 4.21. The van der Waals surface area contributed by atoms with Gasteiger partial charge in [-0.15, -0.1) is 0 Å².